The molecule has 1 N–H and O–H groups in total. The molecule has 1 aromatic carbocycles. The molecule has 142 valence electrons. The van der Waals surface area contributed by atoms with Crippen LogP contribution in [-0.2, 0) is 24.2 Å². The fourth-order valence-electron chi connectivity index (χ4n) is 2.71. The van der Waals surface area contributed by atoms with Gasteiger partial charge in [0.2, 0.25) is 5.91 Å². The summed E-state index contributed by atoms with van der Waals surface area (Å²) in [5.41, 5.74) is 2.34. The van der Waals surface area contributed by atoms with Gasteiger partial charge in [0, 0.05) is 24.2 Å². The highest BCUT2D eigenvalue weighted by Crippen LogP contribution is 2.19. The molecule has 9 heteroatoms. The third-order valence-electron chi connectivity index (χ3n) is 4.23. The van der Waals surface area contributed by atoms with E-state index in [1.807, 2.05) is 25.1 Å². The van der Waals surface area contributed by atoms with Crippen molar-refractivity contribution in [2.24, 2.45) is 0 Å². The van der Waals surface area contributed by atoms with Gasteiger partial charge in [0.15, 0.2) is 11.5 Å². The lowest BCUT2D eigenvalue weighted by atomic mass is 10.2. The van der Waals surface area contributed by atoms with Crippen LogP contribution in [0, 0.1) is 0 Å². The molecule has 0 atom stereocenters. The van der Waals surface area contributed by atoms with Gasteiger partial charge in [0.1, 0.15) is 5.82 Å². The van der Waals surface area contributed by atoms with Gasteiger partial charge in [0.25, 0.3) is 5.89 Å². The van der Waals surface area contributed by atoms with E-state index in [2.05, 4.69) is 25.7 Å². The fourth-order valence-corrected chi connectivity index (χ4v) is 2.84. The predicted octanol–water partition coefficient (Wildman–Crippen LogP) is 2.85. The van der Waals surface area contributed by atoms with Crippen LogP contribution in [0.2, 0.25) is 5.02 Å². The summed E-state index contributed by atoms with van der Waals surface area (Å²) in [6.07, 6.45) is 2.59. The molecule has 0 saturated heterocycles. The van der Waals surface area contributed by atoms with Gasteiger partial charge in [-0.1, -0.05) is 35.8 Å². The Kier molecular flexibility index (Phi) is 5.03. The number of aromatic nitrogens is 5. The van der Waals surface area contributed by atoms with Crippen LogP contribution in [-0.4, -0.2) is 30.6 Å². The van der Waals surface area contributed by atoms with Crippen molar-refractivity contribution in [1.82, 2.24) is 30.1 Å². The van der Waals surface area contributed by atoms with Gasteiger partial charge >= 0.3 is 0 Å². The normalized spacial score (nSPS) is 11.1. The molecular weight excluding hydrogens is 380 g/mol. The summed E-state index contributed by atoms with van der Waals surface area (Å²) < 4.78 is 7.04. The summed E-state index contributed by atoms with van der Waals surface area (Å²) in [5, 5.41) is 15.7. The molecular formula is C19H17ClN6O2. The second kappa shape index (κ2) is 7.77. The van der Waals surface area contributed by atoms with Gasteiger partial charge in [-0.05, 0) is 29.8 Å². The highest BCUT2D eigenvalue weighted by molar-refractivity contribution is 6.30. The molecule has 4 aromatic rings. The Balaban J connectivity index is 1.49. The molecule has 8 nitrogen and oxygen atoms in total. The topological polar surface area (TPSA) is 98.2 Å². The highest BCUT2D eigenvalue weighted by atomic mass is 35.5. The number of amides is 1. The van der Waals surface area contributed by atoms with E-state index in [1.54, 1.807) is 28.8 Å². The third kappa shape index (κ3) is 3.86. The molecule has 1 amide bonds. The van der Waals surface area contributed by atoms with Gasteiger partial charge in [0.05, 0.1) is 12.0 Å². The maximum absolute atomic E-state index is 12.3. The van der Waals surface area contributed by atoms with E-state index in [0.29, 0.717) is 41.2 Å². The minimum Gasteiger partial charge on any atom is -0.352 e. The molecule has 0 bridgehead atoms. The lowest BCUT2D eigenvalue weighted by Crippen LogP contribution is -2.25. The van der Waals surface area contributed by atoms with E-state index >= 15 is 0 Å². The molecule has 0 saturated carbocycles. The number of benzene rings is 1. The molecule has 0 unspecified atom stereocenters. The second-order valence-corrected chi connectivity index (χ2v) is 6.65. The zero-order chi connectivity index (χ0) is 19.5. The van der Waals surface area contributed by atoms with Crippen molar-refractivity contribution in [1.29, 1.82) is 0 Å². The van der Waals surface area contributed by atoms with Gasteiger partial charge in [-0.15, -0.1) is 10.2 Å². The first kappa shape index (κ1) is 18.1. The predicted molar refractivity (Wildman–Crippen MR) is 103 cm³/mol. The number of halogens is 1. The Morgan fingerprint density at radius 3 is 2.75 bits per heavy atom. The average molecular weight is 397 g/mol. The second-order valence-electron chi connectivity index (χ2n) is 6.21. The standard InChI is InChI=1S/C19H17ClN6O2/c1-2-15-22-19(28-25-15)13-5-8-16-23-24-17(26(16)11-13)9-18(27)21-10-12-3-6-14(20)7-4-12/h3-8,11H,2,9-10H2,1H3,(H,21,27). The van der Waals surface area contributed by atoms with E-state index in [1.165, 1.54) is 0 Å². The number of rotatable bonds is 6. The van der Waals surface area contributed by atoms with E-state index < -0.39 is 0 Å². The van der Waals surface area contributed by atoms with E-state index in [-0.39, 0.29) is 12.3 Å². The van der Waals surface area contributed by atoms with Crippen LogP contribution in [0.1, 0.15) is 24.1 Å². The summed E-state index contributed by atoms with van der Waals surface area (Å²) in [5.74, 6) is 1.44. The molecule has 0 spiro atoms. The van der Waals surface area contributed by atoms with Crippen LogP contribution in [0.5, 0.6) is 0 Å². The fraction of sp³-hybridized carbons (Fsp3) is 0.211. The number of pyridine rings is 1. The van der Waals surface area contributed by atoms with Gasteiger partial charge in [-0.25, -0.2) is 0 Å². The molecule has 28 heavy (non-hydrogen) atoms. The van der Waals surface area contributed by atoms with Crippen molar-refractivity contribution in [2.45, 2.75) is 26.3 Å². The Labute approximate surface area is 165 Å². The van der Waals surface area contributed by atoms with E-state index in [0.717, 1.165) is 11.1 Å². The number of carbonyl (C=O) groups excluding carboxylic acids is 1. The maximum Gasteiger partial charge on any atom is 0.259 e. The van der Waals surface area contributed by atoms with Crippen molar-refractivity contribution in [3.8, 4) is 11.5 Å². The molecule has 3 heterocycles. The van der Waals surface area contributed by atoms with Gasteiger partial charge in [-0.2, -0.15) is 4.98 Å². The lowest BCUT2D eigenvalue weighted by molar-refractivity contribution is -0.120. The van der Waals surface area contributed by atoms with Gasteiger partial charge in [-0.3, -0.25) is 9.20 Å². The highest BCUT2D eigenvalue weighted by Gasteiger charge is 2.14. The quantitative estimate of drug-likeness (QED) is 0.538. The van der Waals surface area contributed by atoms with Gasteiger partial charge < -0.3 is 9.84 Å². The summed E-state index contributed by atoms with van der Waals surface area (Å²) in [4.78, 5) is 16.7. The Morgan fingerprint density at radius 1 is 1.18 bits per heavy atom. The van der Waals surface area contributed by atoms with Crippen LogP contribution in [0.4, 0.5) is 0 Å². The molecule has 0 aliphatic carbocycles. The summed E-state index contributed by atoms with van der Waals surface area (Å²) in [7, 11) is 0. The maximum atomic E-state index is 12.3. The first-order valence-corrected chi connectivity index (χ1v) is 9.18. The van der Waals surface area contributed by atoms with Crippen molar-refractivity contribution >= 4 is 23.2 Å². The van der Waals surface area contributed by atoms with Crippen molar-refractivity contribution < 1.29 is 9.32 Å². The van der Waals surface area contributed by atoms with Crippen LogP contribution >= 0.6 is 11.6 Å². The molecule has 3 aromatic heterocycles. The SMILES string of the molecule is CCc1noc(-c2ccc3nnc(CC(=O)NCc4ccc(Cl)cc4)n3c2)n1. The smallest absolute Gasteiger partial charge is 0.259 e. The minimum atomic E-state index is -0.152. The zero-order valence-electron chi connectivity index (χ0n) is 15.1. The largest absolute Gasteiger partial charge is 0.352 e. The van der Waals surface area contributed by atoms with Crippen LogP contribution in [0.3, 0.4) is 0 Å². The average Bonchev–Trinajstić information content (AvgIpc) is 3.34. The molecule has 0 radical (unpaired) electrons. The van der Waals surface area contributed by atoms with Crippen molar-refractivity contribution in [3.63, 3.8) is 0 Å². The number of nitrogens with zero attached hydrogens (tertiary/aromatic N) is 5. The lowest BCUT2D eigenvalue weighted by Gasteiger charge is -2.05. The molecule has 0 aliphatic heterocycles. The molecule has 0 fully saturated rings. The molecule has 0 aliphatic rings. The number of aryl methyl sites for hydroxylation is 1. The number of carbonyl (C=O) groups is 1. The van der Waals surface area contributed by atoms with Crippen LogP contribution in [0.25, 0.3) is 17.1 Å². The monoisotopic (exact) mass is 396 g/mol. The zero-order valence-corrected chi connectivity index (χ0v) is 15.8. The number of fused-ring (bicyclic) bond motifs is 1. The Morgan fingerprint density at radius 2 is 2.00 bits per heavy atom. The first-order chi connectivity index (χ1) is 13.6. The summed E-state index contributed by atoms with van der Waals surface area (Å²) >= 11 is 5.87. The third-order valence-corrected chi connectivity index (χ3v) is 4.48. The molecule has 4 rings (SSSR count). The van der Waals surface area contributed by atoms with Crippen molar-refractivity contribution in [2.75, 3.05) is 0 Å². The number of hydrogen-bond acceptors (Lipinski definition) is 6. The number of nitrogens with one attached hydrogen (secondary N) is 1. The van der Waals surface area contributed by atoms with Crippen LogP contribution < -0.4 is 5.32 Å². The Hall–Kier alpha value is -3.26. The Bertz CT molecular complexity index is 1120. The summed E-state index contributed by atoms with van der Waals surface area (Å²) in [6.45, 7) is 2.37. The van der Waals surface area contributed by atoms with Crippen molar-refractivity contribution in [3.05, 3.63) is 64.8 Å². The first-order valence-electron chi connectivity index (χ1n) is 8.80. The minimum absolute atomic E-state index is 0.0995. The van der Waals surface area contributed by atoms with Crippen LogP contribution in [0.15, 0.2) is 47.1 Å². The number of hydrogen-bond donors (Lipinski definition) is 1. The van der Waals surface area contributed by atoms with E-state index in [9.17, 15) is 4.79 Å². The van der Waals surface area contributed by atoms with E-state index in [4.69, 9.17) is 16.1 Å². The summed E-state index contributed by atoms with van der Waals surface area (Å²) in [6, 6.07) is 11.0.